The van der Waals surface area contributed by atoms with Crippen LogP contribution in [0.1, 0.15) is 10.5 Å². The molecule has 0 atom stereocenters. The number of carbonyl (C=O) groups is 1. The predicted molar refractivity (Wildman–Crippen MR) is 84.8 cm³/mol. The zero-order chi connectivity index (χ0) is 15.7. The van der Waals surface area contributed by atoms with Gasteiger partial charge in [0.05, 0.1) is 21.6 Å². The smallest absolute Gasteiger partial charge is 0.225 e. The Morgan fingerprint density at radius 1 is 1.32 bits per heavy atom. The molecule has 0 spiro atoms. The van der Waals surface area contributed by atoms with Gasteiger partial charge in [0.25, 0.3) is 0 Å². The molecule has 0 radical (unpaired) electrons. The zero-order valence-corrected chi connectivity index (χ0v) is 13.1. The van der Waals surface area contributed by atoms with Crippen LogP contribution in [0.2, 0.25) is 10.0 Å². The number of aromatic nitrogens is 3. The zero-order valence-electron chi connectivity index (χ0n) is 11.6. The first-order valence-electron chi connectivity index (χ1n) is 6.43. The molecule has 0 aliphatic rings. The Kier molecular flexibility index (Phi) is 4.00. The largest absolute Gasteiger partial charge is 0.469 e. The first kappa shape index (κ1) is 14.8. The van der Waals surface area contributed by atoms with E-state index in [9.17, 15) is 4.79 Å². The molecule has 1 aromatic carbocycles. The van der Waals surface area contributed by atoms with E-state index in [0.717, 1.165) is 0 Å². The van der Waals surface area contributed by atoms with Gasteiger partial charge in [0.2, 0.25) is 11.7 Å². The number of hydrogen-bond donors (Lipinski definition) is 0. The molecular weight excluding hydrogens is 325 g/mol. The summed E-state index contributed by atoms with van der Waals surface area (Å²) in [5.74, 6) is 0.129. The average Bonchev–Trinajstić information content (AvgIpc) is 2.91. The summed E-state index contributed by atoms with van der Waals surface area (Å²) in [7, 11) is 1.80. The highest BCUT2D eigenvalue weighted by Gasteiger charge is 2.13. The van der Waals surface area contributed by atoms with Gasteiger partial charge in [-0.05, 0) is 24.3 Å². The molecule has 0 bridgehead atoms. The number of benzene rings is 1. The van der Waals surface area contributed by atoms with E-state index < -0.39 is 0 Å². The monoisotopic (exact) mass is 335 g/mol. The van der Waals surface area contributed by atoms with Crippen molar-refractivity contribution in [1.82, 2.24) is 14.5 Å². The second-order valence-electron chi connectivity index (χ2n) is 4.68. The summed E-state index contributed by atoms with van der Waals surface area (Å²) < 4.78 is 7.27. The first-order chi connectivity index (χ1) is 10.6. The van der Waals surface area contributed by atoms with E-state index in [0.29, 0.717) is 26.6 Å². The number of rotatable bonds is 4. The van der Waals surface area contributed by atoms with Gasteiger partial charge in [-0.15, -0.1) is 0 Å². The van der Waals surface area contributed by atoms with E-state index in [1.54, 1.807) is 42.1 Å². The molecule has 5 nitrogen and oxygen atoms in total. The number of Topliss-reactive ketones (excluding diaryl/α,β-unsaturated/α-hetero) is 1. The molecule has 2 aromatic heterocycles. The van der Waals surface area contributed by atoms with Gasteiger partial charge in [0.15, 0.2) is 6.61 Å². The molecule has 0 aliphatic carbocycles. The van der Waals surface area contributed by atoms with Gasteiger partial charge in [-0.1, -0.05) is 23.2 Å². The molecular formula is C15H11Cl2N3O2. The summed E-state index contributed by atoms with van der Waals surface area (Å²) in [5, 5.41) is 1.43. The molecule has 112 valence electrons. The Morgan fingerprint density at radius 2 is 2.14 bits per heavy atom. The topological polar surface area (TPSA) is 57.0 Å². The van der Waals surface area contributed by atoms with E-state index >= 15 is 0 Å². The minimum Gasteiger partial charge on any atom is -0.469 e. The SMILES string of the molecule is Cn1cccc1C(=O)COc1ncnc2c(Cl)cc(Cl)cc12. The van der Waals surface area contributed by atoms with Crippen molar-refractivity contribution in [3.63, 3.8) is 0 Å². The van der Waals surface area contributed by atoms with Crippen LogP contribution in [0.25, 0.3) is 10.9 Å². The average molecular weight is 336 g/mol. The molecule has 22 heavy (non-hydrogen) atoms. The van der Waals surface area contributed by atoms with Crippen molar-refractivity contribution in [3.8, 4) is 5.88 Å². The summed E-state index contributed by atoms with van der Waals surface area (Å²) in [6.45, 7) is -0.131. The summed E-state index contributed by atoms with van der Waals surface area (Å²) >= 11 is 12.1. The summed E-state index contributed by atoms with van der Waals surface area (Å²) in [6, 6.07) is 6.78. The molecule has 0 unspecified atom stereocenters. The molecule has 2 heterocycles. The van der Waals surface area contributed by atoms with Crippen molar-refractivity contribution < 1.29 is 9.53 Å². The lowest BCUT2D eigenvalue weighted by atomic mass is 10.2. The molecule has 0 N–H and O–H groups in total. The van der Waals surface area contributed by atoms with Gasteiger partial charge in [0.1, 0.15) is 6.33 Å². The number of halogens is 2. The van der Waals surface area contributed by atoms with E-state index in [4.69, 9.17) is 27.9 Å². The Balaban J connectivity index is 1.88. The minimum atomic E-state index is -0.146. The van der Waals surface area contributed by atoms with Crippen LogP contribution in [-0.4, -0.2) is 26.9 Å². The summed E-state index contributed by atoms with van der Waals surface area (Å²) in [4.78, 5) is 20.3. The van der Waals surface area contributed by atoms with Gasteiger partial charge < -0.3 is 9.30 Å². The number of aryl methyl sites for hydroxylation is 1. The molecule has 0 aliphatic heterocycles. The van der Waals surface area contributed by atoms with Crippen molar-refractivity contribution in [2.45, 2.75) is 0 Å². The maximum absolute atomic E-state index is 12.1. The number of carbonyl (C=O) groups excluding carboxylic acids is 1. The van der Waals surface area contributed by atoms with Crippen molar-refractivity contribution in [3.05, 3.63) is 52.5 Å². The highest BCUT2D eigenvalue weighted by Crippen LogP contribution is 2.30. The fraction of sp³-hybridized carbons (Fsp3) is 0.133. The van der Waals surface area contributed by atoms with Gasteiger partial charge in [0, 0.05) is 18.3 Å². The second-order valence-corrected chi connectivity index (χ2v) is 5.52. The van der Waals surface area contributed by atoms with E-state index in [1.807, 2.05) is 0 Å². The maximum atomic E-state index is 12.1. The molecule has 0 amide bonds. The lowest BCUT2D eigenvalue weighted by molar-refractivity contribution is 0.0911. The maximum Gasteiger partial charge on any atom is 0.225 e. The minimum absolute atomic E-state index is 0.131. The Labute approximate surface area is 136 Å². The standard InChI is InChI=1S/C15H11Cl2N3O2/c1-20-4-2-3-12(20)13(21)7-22-15-10-5-9(16)6-11(17)14(10)18-8-19-15/h2-6,8H,7H2,1H3. The van der Waals surface area contributed by atoms with Crippen LogP contribution in [0, 0.1) is 0 Å². The lowest BCUT2D eigenvalue weighted by Gasteiger charge is -2.08. The molecule has 0 saturated heterocycles. The number of hydrogen-bond acceptors (Lipinski definition) is 4. The van der Waals surface area contributed by atoms with Crippen molar-refractivity contribution in [1.29, 1.82) is 0 Å². The van der Waals surface area contributed by atoms with Crippen LogP contribution < -0.4 is 4.74 Å². The van der Waals surface area contributed by atoms with Crippen molar-refractivity contribution in [2.75, 3.05) is 6.61 Å². The molecule has 0 saturated carbocycles. The summed E-state index contributed by atoms with van der Waals surface area (Å²) in [6.07, 6.45) is 3.14. The van der Waals surface area contributed by atoms with Gasteiger partial charge in [-0.3, -0.25) is 4.79 Å². The van der Waals surface area contributed by atoms with Crippen LogP contribution in [0.3, 0.4) is 0 Å². The quantitative estimate of drug-likeness (QED) is 0.684. The molecule has 7 heteroatoms. The third-order valence-electron chi connectivity index (χ3n) is 3.19. The molecule has 3 rings (SSSR count). The highest BCUT2D eigenvalue weighted by molar-refractivity contribution is 6.38. The van der Waals surface area contributed by atoms with Crippen LogP contribution in [0.4, 0.5) is 0 Å². The number of nitrogens with zero attached hydrogens (tertiary/aromatic N) is 3. The second kappa shape index (κ2) is 5.94. The fourth-order valence-electron chi connectivity index (χ4n) is 2.14. The van der Waals surface area contributed by atoms with Crippen LogP contribution in [-0.2, 0) is 7.05 Å². The number of ether oxygens (including phenoxy) is 1. The van der Waals surface area contributed by atoms with Crippen LogP contribution in [0.15, 0.2) is 36.8 Å². The van der Waals surface area contributed by atoms with Crippen LogP contribution >= 0.6 is 23.2 Å². The number of ketones is 1. The predicted octanol–water partition coefficient (Wildman–Crippen LogP) is 3.54. The first-order valence-corrected chi connectivity index (χ1v) is 7.19. The van der Waals surface area contributed by atoms with Gasteiger partial charge >= 0.3 is 0 Å². The molecule has 0 fully saturated rings. The number of fused-ring (bicyclic) bond motifs is 1. The van der Waals surface area contributed by atoms with E-state index in [-0.39, 0.29) is 18.3 Å². The third-order valence-corrected chi connectivity index (χ3v) is 3.70. The van der Waals surface area contributed by atoms with E-state index in [1.165, 1.54) is 6.33 Å². The van der Waals surface area contributed by atoms with Crippen molar-refractivity contribution in [2.24, 2.45) is 7.05 Å². The normalized spacial score (nSPS) is 10.9. The summed E-state index contributed by atoms with van der Waals surface area (Å²) in [5.41, 5.74) is 1.09. The van der Waals surface area contributed by atoms with Crippen LogP contribution in [0.5, 0.6) is 5.88 Å². The van der Waals surface area contributed by atoms with E-state index in [2.05, 4.69) is 9.97 Å². The Bertz CT molecular complexity index is 861. The van der Waals surface area contributed by atoms with Crippen molar-refractivity contribution >= 4 is 39.9 Å². The fourth-order valence-corrected chi connectivity index (χ4v) is 2.68. The lowest BCUT2D eigenvalue weighted by Crippen LogP contribution is -2.15. The third kappa shape index (κ3) is 2.77. The Hall–Kier alpha value is -2.11. The highest BCUT2D eigenvalue weighted by atomic mass is 35.5. The van der Waals surface area contributed by atoms with Gasteiger partial charge in [-0.2, -0.15) is 0 Å². The van der Waals surface area contributed by atoms with Gasteiger partial charge in [-0.25, -0.2) is 9.97 Å². The Morgan fingerprint density at radius 3 is 2.86 bits per heavy atom. The molecule has 3 aromatic rings.